The maximum Gasteiger partial charge on any atom is 0.150 e. The molecule has 3 aromatic rings. The number of pyridine rings is 1. The highest BCUT2D eigenvalue weighted by molar-refractivity contribution is 7.26. The molecule has 0 atom stereocenters. The molecule has 1 aliphatic rings. The smallest absolute Gasteiger partial charge is 0.150 e. The summed E-state index contributed by atoms with van der Waals surface area (Å²) >= 11 is 7.97. The Labute approximate surface area is 130 Å². The van der Waals surface area contributed by atoms with Gasteiger partial charge < -0.3 is 10.6 Å². The average Bonchev–Trinajstić information content (AvgIpc) is 2.79. The summed E-state index contributed by atoms with van der Waals surface area (Å²) < 4.78 is 1.07. The molecule has 0 aromatic carbocycles. The highest BCUT2D eigenvalue weighted by Crippen LogP contribution is 2.40. The lowest BCUT2D eigenvalue weighted by Gasteiger charge is -2.37. The Kier molecular flexibility index (Phi) is 2.82. The first kappa shape index (κ1) is 13.2. The number of nitrogens with zero attached hydrogens (tertiary/aromatic N) is 4. The Hall–Kier alpha value is -1.50. The van der Waals surface area contributed by atoms with E-state index in [0.29, 0.717) is 5.02 Å². The summed E-state index contributed by atoms with van der Waals surface area (Å²) in [5.41, 5.74) is 8.71. The highest BCUT2D eigenvalue weighted by atomic mass is 35.5. The monoisotopic (exact) mass is 319 g/mol. The Morgan fingerprint density at radius 3 is 2.81 bits per heavy atom. The van der Waals surface area contributed by atoms with Crippen molar-refractivity contribution in [1.29, 1.82) is 0 Å². The number of hydrogen-bond acceptors (Lipinski definition) is 6. The van der Waals surface area contributed by atoms with E-state index in [-0.39, 0.29) is 6.04 Å². The highest BCUT2D eigenvalue weighted by Gasteiger charge is 2.27. The topological polar surface area (TPSA) is 67.9 Å². The standard InChI is InChI=1S/C14H14ClN5S/c1-6-9-11-12(21-14(9)19-7(2)10(6)15)13(18-5-17-11)20-3-8(16)4-20/h5,8H,3-4,16H2,1-2H3. The van der Waals surface area contributed by atoms with Crippen molar-refractivity contribution >= 4 is 49.2 Å². The Balaban J connectivity index is 2.04. The number of rotatable bonds is 1. The van der Waals surface area contributed by atoms with Crippen LogP contribution in [0.5, 0.6) is 0 Å². The predicted octanol–water partition coefficient (Wildman–Crippen LogP) is 2.66. The van der Waals surface area contributed by atoms with E-state index in [2.05, 4.69) is 19.9 Å². The molecule has 1 aliphatic heterocycles. The molecule has 0 radical (unpaired) electrons. The first-order chi connectivity index (χ1) is 10.1. The summed E-state index contributed by atoms with van der Waals surface area (Å²) in [5, 5.41) is 1.76. The molecule has 5 nitrogen and oxygen atoms in total. The molecule has 4 rings (SSSR count). The molecule has 2 N–H and O–H groups in total. The molecule has 3 aromatic heterocycles. The van der Waals surface area contributed by atoms with Gasteiger partial charge in [-0.2, -0.15) is 0 Å². The largest absolute Gasteiger partial charge is 0.352 e. The number of nitrogens with two attached hydrogens (primary N) is 1. The minimum Gasteiger partial charge on any atom is -0.352 e. The molecule has 108 valence electrons. The number of anilines is 1. The lowest BCUT2D eigenvalue weighted by molar-refractivity contribution is 0.516. The molecule has 0 saturated carbocycles. The molecule has 1 saturated heterocycles. The maximum absolute atomic E-state index is 6.35. The normalized spacial score (nSPS) is 15.9. The first-order valence-corrected chi connectivity index (χ1v) is 7.96. The molecule has 21 heavy (non-hydrogen) atoms. The van der Waals surface area contributed by atoms with Crippen molar-refractivity contribution in [2.24, 2.45) is 5.73 Å². The van der Waals surface area contributed by atoms with Crippen LogP contribution in [-0.2, 0) is 0 Å². The van der Waals surface area contributed by atoms with E-state index >= 15 is 0 Å². The van der Waals surface area contributed by atoms with E-state index in [4.69, 9.17) is 17.3 Å². The summed E-state index contributed by atoms with van der Waals surface area (Å²) in [4.78, 5) is 16.7. The van der Waals surface area contributed by atoms with E-state index in [1.807, 2.05) is 13.8 Å². The molecule has 1 fully saturated rings. The van der Waals surface area contributed by atoms with Gasteiger partial charge in [-0.1, -0.05) is 11.6 Å². The van der Waals surface area contributed by atoms with Crippen molar-refractivity contribution in [2.75, 3.05) is 18.0 Å². The molecular weight excluding hydrogens is 306 g/mol. The lowest BCUT2D eigenvalue weighted by atomic mass is 10.1. The zero-order valence-electron chi connectivity index (χ0n) is 11.7. The fraction of sp³-hybridized carbons (Fsp3) is 0.357. The van der Waals surface area contributed by atoms with Gasteiger partial charge in [0.15, 0.2) is 0 Å². The van der Waals surface area contributed by atoms with Crippen molar-refractivity contribution in [3.05, 3.63) is 22.6 Å². The van der Waals surface area contributed by atoms with Gasteiger partial charge in [-0.3, -0.25) is 0 Å². The number of fused-ring (bicyclic) bond motifs is 3. The van der Waals surface area contributed by atoms with Gasteiger partial charge in [-0.05, 0) is 19.4 Å². The van der Waals surface area contributed by atoms with Crippen LogP contribution in [0.2, 0.25) is 5.02 Å². The van der Waals surface area contributed by atoms with Crippen LogP contribution in [-0.4, -0.2) is 34.1 Å². The van der Waals surface area contributed by atoms with Crippen molar-refractivity contribution in [1.82, 2.24) is 15.0 Å². The summed E-state index contributed by atoms with van der Waals surface area (Å²) in [6.07, 6.45) is 1.61. The number of thiophene rings is 1. The molecule has 0 amide bonds. The van der Waals surface area contributed by atoms with E-state index in [1.54, 1.807) is 17.7 Å². The summed E-state index contributed by atoms with van der Waals surface area (Å²) in [5.74, 6) is 0.956. The van der Waals surface area contributed by atoms with Gasteiger partial charge in [0.05, 0.1) is 20.9 Å². The summed E-state index contributed by atoms with van der Waals surface area (Å²) in [7, 11) is 0. The zero-order valence-corrected chi connectivity index (χ0v) is 13.3. The van der Waals surface area contributed by atoms with Gasteiger partial charge in [-0.15, -0.1) is 11.3 Å². The number of aromatic nitrogens is 3. The fourth-order valence-corrected chi connectivity index (χ4v) is 4.18. The van der Waals surface area contributed by atoms with E-state index in [9.17, 15) is 0 Å². The lowest BCUT2D eigenvalue weighted by Crippen LogP contribution is -2.56. The van der Waals surface area contributed by atoms with Crippen LogP contribution in [0.4, 0.5) is 5.82 Å². The van der Waals surface area contributed by atoms with Gasteiger partial charge in [-0.25, -0.2) is 15.0 Å². The van der Waals surface area contributed by atoms with E-state index < -0.39 is 0 Å². The molecule has 7 heteroatoms. The van der Waals surface area contributed by atoms with Crippen LogP contribution in [0.1, 0.15) is 11.3 Å². The average molecular weight is 320 g/mol. The van der Waals surface area contributed by atoms with Crippen LogP contribution in [0.25, 0.3) is 20.4 Å². The fourth-order valence-electron chi connectivity index (χ4n) is 2.80. The van der Waals surface area contributed by atoms with Gasteiger partial charge >= 0.3 is 0 Å². The second-order valence-electron chi connectivity index (χ2n) is 5.46. The second kappa shape index (κ2) is 4.50. The SMILES string of the molecule is Cc1nc2sc3c(N4CC(N)C4)ncnc3c2c(C)c1Cl. The van der Waals surface area contributed by atoms with Gasteiger partial charge in [0.1, 0.15) is 17.0 Å². The summed E-state index contributed by atoms with van der Waals surface area (Å²) in [6.45, 7) is 5.63. The quantitative estimate of drug-likeness (QED) is 0.747. The van der Waals surface area contributed by atoms with Crippen molar-refractivity contribution in [2.45, 2.75) is 19.9 Å². The Morgan fingerprint density at radius 1 is 1.33 bits per heavy atom. The van der Waals surface area contributed by atoms with E-state index in [1.165, 1.54) is 0 Å². The first-order valence-electron chi connectivity index (χ1n) is 6.76. The van der Waals surface area contributed by atoms with Crippen molar-refractivity contribution in [3.63, 3.8) is 0 Å². The van der Waals surface area contributed by atoms with E-state index in [0.717, 1.165) is 50.6 Å². The van der Waals surface area contributed by atoms with Crippen LogP contribution in [0.15, 0.2) is 6.33 Å². The van der Waals surface area contributed by atoms with Crippen LogP contribution < -0.4 is 10.6 Å². The number of hydrogen-bond donors (Lipinski definition) is 1. The minimum atomic E-state index is 0.237. The number of aryl methyl sites for hydroxylation is 2. The molecular formula is C14H14ClN5S. The Morgan fingerprint density at radius 2 is 2.10 bits per heavy atom. The molecule has 0 bridgehead atoms. The van der Waals surface area contributed by atoms with Crippen LogP contribution >= 0.6 is 22.9 Å². The van der Waals surface area contributed by atoms with Gasteiger partial charge in [0.25, 0.3) is 0 Å². The van der Waals surface area contributed by atoms with Crippen molar-refractivity contribution in [3.8, 4) is 0 Å². The maximum atomic E-state index is 6.35. The third-order valence-electron chi connectivity index (χ3n) is 3.93. The zero-order chi connectivity index (χ0) is 14.7. The van der Waals surface area contributed by atoms with Crippen molar-refractivity contribution < 1.29 is 0 Å². The van der Waals surface area contributed by atoms with Crippen LogP contribution in [0, 0.1) is 13.8 Å². The number of halogens is 1. The predicted molar refractivity (Wildman–Crippen MR) is 87.4 cm³/mol. The van der Waals surface area contributed by atoms with Gasteiger partial charge in [0, 0.05) is 24.5 Å². The summed E-state index contributed by atoms with van der Waals surface area (Å²) in [6, 6.07) is 0.237. The molecule has 0 unspecified atom stereocenters. The molecule has 4 heterocycles. The van der Waals surface area contributed by atoms with Crippen LogP contribution in [0.3, 0.4) is 0 Å². The molecule has 0 aliphatic carbocycles. The minimum absolute atomic E-state index is 0.237. The third-order valence-corrected chi connectivity index (χ3v) is 5.56. The van der Waals surface area contributed by atoms with Gasteiger partial charge in [0.2, 0.25) is 0 Å². The third kappa shape index (κ3) is 1.83. The second-order valence-corrected chi connectivity index (χ2v) is 6.84. The Bertz CT molecular complexity index is 869. The molecule has 0 spiro atoms.